The Hall–Kier alpha value is -3.79. The first-order valence-corrected chi connectivity index (χ1v) is 15.4. The Morgan fingerprint density at radius 3 is 1.93 bits per heavy atom. The molecule has 0 radical (unpaired) electrons. The standard InChI is InChI=1S/C32H33F3N4OSi/c1-31(2,3)41(26-11-6-4-7-12-26,27-13-8-5-9-14-27)40-22-25(21-36)39-30-28(15-10-20-37-30)29(38-39)23-16-18-24(19-17-23)32(33,34)35/h4-20,25H,21-22,36H2,1-3H3. The summed E-state index contributed by atoms with van der Waals surface area (Å²) in [5.74, 6) is 0. The number of hydrogen-bond acceptors (Lipinski definition) is 4. The van der Waals surface area contributed by atoms with Crippen LogP contribution in [0.4, 0.5) is 13.2 Å². The van der Waals surface area contributed by atoms with Crippen LogP contribution in [0.1, 0.15) is 32.4 Å². The molecule has 0 aliphatic rings. The van der Waals surface area contributed by atoms with Gasteiger partial charge in [0.05, 0.1) is 18.2 Å². The summed E-state index contributed by atoms with van der Waals surface area (Å²) in [5.41, 5.74) is 7.36. The van der Waals surface area contributed by atoms with Crippen molar-refractivity contribution < 1.29 is 17.6 Å². The number of rotatable bonds is 8. The molecule has 0 bridgehead atoms. The summed E-state index contributed by atoms with van der Waals surface area (Å²) >= 11 is 0. The van der Waals surface area contributed by atoms with Crippen molar-refractivity contribution in [3.8, 4) is 11.3 Å². The third-order valence-corrected chi connectivity index (χ3v) is 12.5. The topological polar surface area (TPSA) is 66.0 Å². The predicted octanol–water partition coefficient (Wildman–Crippen LogP) is 6.19. The number of nitrogens with two attached hydrogens (primary N) is 1. The first-order chi connectivity index (χ1) is 19.6. The van der Waals surface area contributed by atoms with Crippen LogP contribution >= 0.6 is 0 Å². The van der Waals surface area contributed by atoms with Crippen LogP contribution < -0.4 is 16.1 Å². The molecule has 5 nitrogen and oxygen atoms in total. The van der Waals surface area contributed by atoms with Gasteiger partial charge >= 0.3 is 6.18 Å². The minimum Gasteiger partial charge on any atom is -0.405 e. The summed E-state index contributed by atoms with van der Waals surface area (Å²) in [7, 11) is -2.83. The highest BCUT2D eigenvalue weighted by Gasteiger charge is 2.50. The Balaban J connectivity index is 1.57. The summed E-state index contributed by atoms with van der Waals surface area (Å²) in [6.07, 6.45) is -2.74. The minimum absolute atomic E-state index is 0.218. The van der Waals surface area contributed by atoms with Crippen LogP contribution in [0.15, 0.2) is 103 Å². The second-order valence-electron chi connectivity index (χ2n) is 11.1. The SMILES string of the molecule is CC(C)(C)[Si](OCC(CN)n1nc(-c2ccc(C(F)(F)F)cc2)c2cccnc21)(c1ccccc1)c1ccccc1. The van der Waals surface area contributed by atoms with Crippen LogP contribution in [0.2, 0.25) is 5.04 Å². The zero-order valence-electron chi connectivity index (χ0n) is 23.3. The molecule has 9 heteroatoms. The Labute approximate surface area is 238 Å². The minimum atomic E-state index is -4.41. The maximum absolute atomic E-state index is 13.2. The second kappa shape index (κ2) is 11.2. The molecule has 0 saturated heterocycles. The second-order valence-corrected chi connectivity index (χ2v) is 15.4. The number of pyridine rings is 1. The van der Waals surface area contributed by atoms with E-state index in [2.05, 4.69) is 50.0 Å². The molecule has 212 valence electrons. The van der Waals surface area contributed by atoms with Gasteiger partial charge < -0.3 is 10.2 Å². The number of halogens is 3. The van der Waals surface area contributed by atoms with E-state index in [1.807, 2.05) is 42.5 Å². The molecule has 0 fully saturated rings. The number of alkyl halides is 3. The molecule has 0 aliphatic heterocycles. The van der Waals surface area contributed by atoms with E-state index < -0.39 is 20.1 Å². The van der Waals surface area contributed by atoms with Crippen molar-refractivity contribution in [2.75, 3.05) is 13.2 Å². The lowest BCUT2D eigenvalue weighted by atomic mass is 10.1. The zero-order chi connectivity index (χ0) is 29.3. The fraction of sp³-hybridized carbons (Fsp3) is 0.250. The van der Waals surface area contributed by atoms with Gasteiger partial charge in [0.2, 0.25) is 0 Å². The molecule has 0 saturated carbocycles. The fourth-order valence-corrected chi connectivity index (χ4v) is 10.1. The molecular formula is C32H33F3N4OSi. The molecule has 2 heterocycles. The Morgan fingerprint density at radius 2 is 1.41 bits per heavy atom. The molecule has 1 unspecified atom stereocenters. The maximum atomic E-state index is 13.2. The number of nitrogens with zero attached hydrogens (tertiary/aromatic N) is 3. The van der Waals surface area contributed by atoms with Crippen LogP contribution in [0.5, 0.6) is 0 Å². The van der Waals surface area contributed by atoms with Crippen molar-refractivity contribution in [3.05, 3.63) is 109 Å². The van der Waals surface area contributed by atoms with Crippen molar-refractivity contribution >= 4 is 29.7 Å². The van der Waals surface area contributed by atoms with Gasteiger partial charge in [0.25, 0.3) is 8.32 Å². The van der Waals surface area contributed by atoms with E-state index in [4.69, 9.17) is 15.3 Å². The molecule has 1 atom stereocenters. The Kier molecular flexibility index (Phi) is 7.87. The van der Waals surface area contributed by atoms with Crippen LogP contribution in [-0.4, -0.2) is 36.2 Å². The molecule has 0 aliphatic carbocycles. The molecule has 0 amide bonds. The van der Waals surface area contributed by atoms with E-state index in [1.165, 1.54) is 12.1 Å². The largest absolute Gasteiger partial charge is 0.416 e. The molecule has 41 heavy (non-hydrogen) atoms. The van der Waals surface area contributed by atoms with Gasteiger partial charge in [-0.3, -0.25) is 0 Å². The quantitative estimate of drug-likeness (QED) is 0.224. The smallest absolute Gasteiger partial charge is 0.405 e. The van der Waals surface area contributed by atoms with Crippen molar-refractivity contribution in [1.29, 1.82) is 0 Å². The number of fused-ring (bicyclic) bond motifs is 1. The highest BCUT2D eigenvalue weighted by Crippen LogP contribution is 2.38. The van der Waals surface area contributed by atoms with Crippen LogP contribution in [-0.2, 0) is 10.6 Å². The van der Waals surface area contributed by atoms with Gasteiger partial charge in [0, 0.05) is 23.7 Å². The first kappa shape index (κ1) is 28.7. The number of aromatic nitrogens is 3. The van der Waals surface area contributed by atoms with Crippen molar-refractivity contribution in [3.63, 3.8) is 0 Å². The molecule has 2 N–H and O–H groups in total. The van der Waals surface area contributed by atoms with Crippen LogP contribution in [0, 0.1) is 0 Å². The molecule has 0 spiro atoms. The fourth-order valence-electron chi connectivity index (χ4n) is 5.48. The van der Waals surface area contributed by atoms with E-state index in [0.29, 0.717) is 16.9 Å². The van der Waals surface area contributed by atoms with Gasteiger partial charge in [-0.15, -0.1) is 0 Å². The molecule has 5 aromatic rings. The van der Waals surface area contributed by atoms with Gasteiger partial charge in [0.15, 0.2) is 5.65 Å². The average Bonchev–Trinajstić information content (AvgIpc) is 3.35. The van der Waals surface area contributed by atoms with Gasteiger partial charge in [-0.1, -0.05) is 93.6 Å². The van der Waals surface area contributed by atoms with Crippen molar-refractivity contribution in [2.45, 2.75) is 38.0 Å². The lowest BCUT2D eigenvalue weighted by molar-refractivity contribution is -0.137. The van der Waals surface area contributed by atoms with Gasteiger partial charge in [0.1, 0.15) is 5.69 Å². The summed E-state index contributed by atoms with van der Waals surface area (Å²) in [5, 5.41) is 7.69. The van der Waals surface area contributed by atoms with E-state index in [0.717, 1.165) is 27.9 Å². The average molecular weight is 575 g/mol. The summed E-state index contributed by atoms with van der Waals surface area (Å²) in [6.45, 7) is 7.15. The lowest BCUT2D eigenvalue weighted by Gasteiger charge is -2.43. The van der Waals surface area contributed by atoms with E-state index in [-0.39, 0.29) is 24.2 Å². The van der Waals surface area contributed by atoms with Crippen molar-refractivity contribution in [1.82, 2.24) is 14.8 Å². The maximum Gasteiger partial charge on any atom is 0.416 e. The normalized spacial score (nSPS) is 13.4. The van der Waals surface area contributed by atoms with Crippen molar-refractivity contribution in [2.24, 2.45) is 5.73 Å². The Morgan fingerprint density at radius 1 is 0.829 bits per heavy atom. The van der Waals surface area contributed by atoms with E-state index in [9.17, 15) is 13.2 Å². The molecule has 3 aromatic carbocycles. The lowest BCUT2D eigenvalue weighted by Crippen LogP contribution is -2.67. The Bertz CT molecular complexity index is 1560. The molecule has 5 rings (SSSR count). The molecule has 2 aromatic heterocycles. The zero-order valence-corrected chi connectivity index (χ0v) is 24.3. The van der Waals surface area contributed by atoms with E-state index in [1.54, 1.807) is 16.9 Å². The highest BCUT2D eigenvalue weighted by atomic mass is 28.4. The summed E-state index contributed by atoms with van der Waals surface area (Å²) < 4.78 is 48.5. The summed E-state index contributed by atoms with van der Waals surface area (Å²) in [4.78, 5) is 4.58. The van der Waals surface area contributed by atoms with Crippen LogP contribution in [0.25, 0.3) is 22.3 Å². The van der Waals surface area contributed by atoms with Gasteiger partial charge in [-0.05, 0) is 39.7 Å². The summed E-state index contributed by atoms with van der Waals surface area (Å²) in [6, 6.07) is 29.0. The highest BCUT2D eigenvalue weighted by molar-refractivity contribution is 6.99. The van der Waals surface area contributed by atoms with Gasteiger partial charge in [-0.2, -0.15) is 18.3 Å². The first-order valence-electron chi connectivity index (χ1n) is 13.5. The monoisotopic (exact) mass is 574 g/mol. The van der Waals surface area contributed by atoms with Gasteiger partial charge in [-0.25, -0.2) is 9.67 Å². The van der Waals surface area contributed by atoms with E-state index >= 15 is 0 Å². The number of benzene rings is 3. The third-order valence-electron chi connectivity index (χ3n) is 7.48. The third kappa shape index (κ3) is 5.45. The van der Waals surface area contributed by atoms with Crippen LogP contribution in [0.3, 0.4) is 0 Å². The number of hydrogen-bond donors (Lipinski definition) is 1. The predicted molar refractivity (Wildman–Crippen MR) is 160 cm³/mol. The molecular weight excluding hydrogens is 541 g/mol.